The molecule has 0 saturated carbocycles. The number of anilines is 1. The number of nitrogens with one attached hydrogen (secondary N) is 1. The molecule has 2 aliphatic heterocycles. The summed E-state index contributed by atoms with van der Waals surface area (Å²) in [6.07, 6.45) is 0.205. The Kier molecular flexibility index (Phi) is 7.00. The fourth-order valence-electron chi connectivity index (χ4n) is 4.40. The zero-order valence-electron chi connectivity index (χ0n) is 18.8. The van der Waals surface area contributed by atoms with Crippen LogP contribution in [0.25, 0.3) is 0 Å². The Hall–Kier alpha value is -2.90. The summed E-state index contributed by atoms with van der Waals surface area (Å²) in [4.78, 5) is 41.3. The highest BCUT2D eigenvalue weighted by Gasteiger charge is 2.35. The van der Waals surface area contributed by atoms with Crippen molar-refractivity contribution < 1.29 is 19.1 Å². The van der Waals surface area contributed by atoms with E-state index in [0.29, 0.717) is 42.5 Å². The molecule has 174 valence electrons. The molecule has 3 unspecified atom stereocenters. The number of nitrogens with zero attached hydrogens (tertiary/aromatic N) is 2. The van der Waals surface area contributed by atoms with Crippen molar-refractivity contribution in [2.45, 2.75) is 39.0 Å². The van der Waals surface area contributed by atoms with Crippen molar-refractivity contribution in [2.75, 3.05) is 24.5 Å². The Balaban J connectivity index is 1.31. The Bertz CT molecular complexity index is 1030. The topological polar surface area (TPSA) is 79.0 Å². The van der Waals surface area contributed by atoms with Crippen LogP contribution in [-0.4, -0.2) is 54.5 Å². The zero-order chi connectivity index (χ0) is 23.5. The molecule has 2 aliphatic rings. The maximum absolute atomic E-state index is 12.8. The van der Waals surface area contributed by atoms with Crippen molar-refractivity contribution in [2.24, 2.45) is 5.92 Å². The van der Waals surface area contributed by atoms with Crippen LogP contribution in [-0.2, 0) is 20.9 Å². The van der Waals surface area contributed by atoms with E-state index in [4.69, 9.17) is 16.3 Å². The number of morpholine rings is 1. The first-order chi connectivity index (χ1) is 15.8. The number of amides is 3. The quantitative estimate of drug-likeness (QED) is 0.729. The van der Waals surface area contributed by atoms with Gasteiger partial charge in [-0.15, -0.1) is 0 Å². The van der Waals surface area contributed by atoms with Crippen LogP contribution in [0.4, 0.5) is 5.69 Å². The van der Waals surface area contributed by atoms with E-state index in [1.165, 1.54) is 0 Å². The number of halogens is 1. The highest BCUT2D eigenvalue weighted by molar-refractivity contribution is 6.31. The van der Waals surface area contributed by atoms with Crippen molar-refractivity contribution in [1.29, 1.82) is 0 Å². The van der Waals surface area contributed by atoms with Gasteiger partial charge in [-0.1, -0.05) is 29.8 Å². The summed E-state index contributed by atoms with van der Waals surface area (Å²) in [5, 5.41) is 3.46. The van der Waals surface area contributed by atoms with Crippen molar-refractivity contribution in [3.63, 3.8) is 0 Å². The molecule has 8 heteroatoms. The molecule has 4 rings (SSSR count). The molecule has 2 saturated heterocycles. The van der Waals surface area contributed by atoms with Crippen LogP contribution < -0.4 is 10.2 Å². The number of benzene rings is 2. The van der Waals surface area contributed by atoms with Gasteiger partial charge in [0.25, 0.3) is 5.91 Å². The lowest BCUT2D eigenvalue weighted by Crippen LogP contribution is -2.48. The molecule has 3 amide bonds. The third kappa shape index (κ3) is 5.54. The number of hydrogen-bond donors (Lipinski definition) is 1. The van der Waals surface area contributed by atoms with Gasteiger partial charge in [0.2, 0.25) is 11.8 Å². The Labute approximate surface area is 198 Å². The predicted octanol–water partition coefficient (Wildman–Crippen LogP) is 3.26. The molecule has 7 nitrogen and oxygen atoms in total. The molecular formula is C25H28ClN3O4. The summed E-state index contributed by atoms with van der Waals surface area (Å²) in [6, 6.07) is 14.3. The predicted molar refractivity (Wildman–Crippen MR) is 126 cm³/mol. The van der Waals surface area contributed by atoms with Crippen molar-refractivity contribution in [3.8, 4) is 0 Å². The Morgan fingerprint density at radius 1 is 1.06 bits per heavy atom. The average Bonchev–Trinajstić information content (AvgIpc) is 3.18. The van der Waals surface area contributed by atoms with Crippen molar-refractivity contribution >= 4 is 35.0 Å². The van der Waals surface area contributed by atoms with Crippen LogP contribution in [0.5, 0.6) is 0 Å². The molecule has 2 fully saturated rings. The van der Waals surface area contributed by atoms with Gasteiger partial charge in [0.1, 0.15) is 0 Å². The minimum absolute atomic E-state index is 0.0156. The van der Waals surface area contributed by atoms with Crippen LogP contribution in [0.15, 0.2) is 48.5 Å². The van der Waals surface area contributed by atoms with Gasteiger partial charge in [-0.2, -0.15) is 0 Å². The summed E-state index contributed by atoms with van der Waals surface area (Å²) in [6.45, 7) is 5.75. The molecule has 33 heavy (non-hydrogen) atoms. The molecule has 0 aliphatic carbocycles. The summed E-state index contributed by atoms with van der Waals surface area (Å²) >= 11 is 6.03. The minimum atomic E-state index is -0.414. The maximum atomic E-state index is 12.8. The lowest BCUT2D eigenvalue weighted by molar-refractivity contribution is -0.126. The first-order valence-electron chi connectivity index (χ1n) is 11.2. The van der Waals surface area contributed by atoms with E-state index in [1.807, 2.05) is 36.9 Å². The van der Waals surface area contributed by atoms with Crippen molar-refractivity contribution in [1.82, 2.24) is 10.2 Å². The Morgan fingerprint density at radius 2 is 1.76 bits per heavy atom. The standard InChI is InChI=1S/C25H28ClN3O4/c1-16-13-28(14-17(2)33-16)25(32)19-8-6-18(7-9-19)12-27-24(31)20-10-23(30)29(15-20)22-5-3-4-21(26)11-22/h3-9,11,16-17,20H,10,12-15H2,1-2H3,(H,27,31). The van der Waals surface area contributed by atoms with Gasteiger partial charge >= 0.3 is 0 Å². The highest BCUT2D eigenvalue weighted by atomic mass is 35.5. The van der Waals surface area contributed by atoms with Gasteiger partial charge in [0.05, 0.1) is 18.1 Å². The number of hydrogen-bond acceptors (Lipinski definition) is 4. The van der Waals surface area contributed by atoms with Crippen LogP contribution in [0.3, 0.4) is 0 Å². The lowest BCUT2D eigenvalue weighted by Gasteiger charge is -2.35. The second kappa shape index (κ2) is 9.93. The van der Waals surface area contributed by atoms with Gasteiger partial charge in [0.15, 0.2) is 0 Å². The lowest BCUT2D eigenvalue weighted by atomic mass is 10.1. The molecular weight excluding hydrogens is 442 g/mol. The number of carbonyl (C=O) groups is 3. The first kappa shape index (κ1) is 23.3. The summed E-state index contributed by atoms with van der Waals surface area (Å²) in [5.41, 5.74) is 2.21. The van der Waals surface area contributed by atoms with Gasteiger partial charge in [0, 0.05) is 48.9 Å². The van der Waals surface area contributed by atoms with E-state index in [2.05, 4.69) is 5.32 Å². The van der Waals surface area contributed by atoms with Gasteiger partial charge < -0.3 is 19.9 Å². The van der Waals surface area contributed by atoms with Crippen LogP contribution >= 0.6 is 11.6 Å². The number of ether oxygens (including phenoxy) is 1. The van der Waals surface area contributed by atoms with E-state index in [9.17, 15) is 14.4 Å². The molecule has 0 spiro atoms. The van der Waals surface area contributed by atoms with E-state index in [-0.39, 0.29) is 36.4 Å². The highest BCUT2D eigenvalue weighted by Crippen LogP contribution is 2.27. The largest absolute Gasteiger partial charge is 0.372 e. The molecule has 2 aromatic carbocycles. The van der Waals surface area contributed by atoms with E-state index < -0.39 is 5.92 Å². The zero-order valence-corrected chi connectivity index (χ0v) is 19.5. The fraction of sp³-hybridized carbons (Fsp3) is 0.400. The average molecular weight is 470 g/mol. The second-order valence-electron chi connectivity index (χ2n) is 8.77. The summed E-state index contributed by atoms with van der Waals surface area (Å²) in [5.74, 6) is -0.683. The SMILES string of the molecule is CC1CN(C(=O)c2ccc(CNC(=O)C3CC(=O)N(c4cccc(Cl)c4)C3)cc2)CC(C)O1. The van der Waals surface area contributed by atoms with E-state index in [0.717, 1.165) is 5.56 Å². The Morgan fingerprint density at radius 3 is 2.42 bits per heavy atom. The molecule has 1 N–H and O–H groups in total. The summed E-state index contributed by atoms with van der Waals surface area (Å²) < 4.78 is 5.70. The normalized spacial score (nSPS) is 23.0. The third-order valence-electron chi connectivity index (χ3n) is 5.99. The van der Waals surface area contributed by atoms with Crippen LogP contribution in [0, 0.1) is 5.92 Å². The summed E-state index contributed by atoms with van der Waals surface area (Å²) in [7, 11) is 0. The molecule has 2 heterocycles. The third-order valence-corrected chi connectivity index (χ3v) is 6.23. The first-order valence-corrected chi connectivity index (χ1v) is 11.5. The monoisotopic (exact) mass is 469 g/mol. The van der Waals surface area contributed by atoms with E-state index in [1.54, 1.807) is 35.2 Å². The van der Waals surface area contributed by atoms with E-state index >= 15 is 0 Å². The van der Waals surface area contributed by atoms with Crippen LogP contribution in [0.1, 0.15) is 36.2 Å². The number of carbonyl (C=O) groups excluding carboxylic acids is 3. The molecule has 3 atom stereocenters. The fourth-order valence-corrected chi connectivity index (χ4v) is 4.59. The van der Waals surface area contributed by atoms with Gasteiger partial charge in [-0.3, -0.25) is 14.4 Å². The maximum Gasteiger partial charge on any atom is 0.254 e. The molecule has 0 radical (unpaired) electrons. The van der Waals surface area contributed by atoms with Crippen LogP contribution in [0.2, 0.25) is 5.02 Å². The molecule has 0 aromatic heterocycles. The molecule has 2 aromatic rings. The van der Waals surface area contributed by atoms with Gasteiger partial charge in [-0.05, 0) is 49.7 Å². The smallest absolute Gasteiger partial charge is 0.254 e. The van der Waals surface area contributed by atoms with Gasteiger partial charge in [-0.25, -0.2) is 0 Å². The van der Waals surface area contributed by atoms with Crippen molar-refractivity contribution in [3.05, 3.63) is 64.7 Å². The second-order valence-corrected chi connectivity index (χ2v) is 9.20. The minimum Gasteiger partial charge on any atom is -0.372 e. The number of rotatable bonds is 5. The molecule has 0 bridgehead atoms.